The lowest BCUT2D eigenvalue weighted by molar-refractivity contribution is 0.100. The molecule has 3 aromatic carbocycles. The number of anilines is 1. The number of benzene rings is 3. The van der Waals surface area contributed by atoms with Crippen molar-refractivity contribution in [3.63, 3.8) is 0 Å². The molecule has 4 aromatic rings. The van der Waals surface area contributed by atoms with Gasteiger partial charge in [0.2, 0.25) is 0 Å². The molecular formula is C22H18ClN5O. The summed E-state index contributed by atoms with van der Waals surface area (Å²) < 4.78 is 0. The first-order valence-corrected chi connectivity index (χ1v) is 9.44. The lowest BCUT2D eigenvalue weighted by Gasteiger charge is -2.11. The molecule has 1 aromatic heterocycles. The Balaban J connectivity index is 1.63. The summed E-state index contributed by atoms with van der Waals surface area (Å²) in [6, 6.07) is 26.1. The molecule has 0 fully saturated rings. The molecule has 1 heterocycles. The third-order valence-corrected chi connectivity index (χ3v) is 4.61. The fraction of sp³-hybridized carbons (Fsp3) is 0.0455. The Bertz CT molecular complexity index is 1100. The molecule has 0 spiro atoms. The van der Waals surface area contributed by atoms with Crippen molar-refractivity contribution in [1.82, 2.24) is 15.1 Å². The second kappa shape index (κ2) is 8.58. The fourth-order valence-electron chi connectivity index (χ4n) is 2.87. The molecule has 0 aliphatic carbocycles. The summed E-state index contributed by atoms with van der Waals surface area (Å²) in [6.45, 7) is 0.411. The van der Waals surface area contributed by atoms with Crippen molar-refractivity contribution in [3.8, 4) is 11.3 Å². The summed E-state index contributed by atoms with van der Waals surface area (Å²) in [5.41, 5.74) is 6.59. The van der Waals surface area contributed by atoms with Gasteiger partial charge < -0.3 is 5.32 Å². The fourth-order valence-corrected chi connectivity index (χ4v) is 3.00. The highest BCUT2D eigenvalue weighted by Gasteiger charge is 2.17. The van der Waals surface area contributed by atoms with E-state index in [1.165, 1.54) is 4.79 Å². The molecule has 4 rings (SSSR count). The quantitative estimate of drug-likeness (QED) is 0.493. The maximum absolute atomic E-state index is 12.6. The number of nitrogens with zero attached hydrogens (tertiary/aromatic N) is 3. The number of rotatable bonds is 6. The molecule has 7 heteroatoms. The van der Waals surface area contributed by atoms with Crippen molar-refractivity contribution in [2.75, 3.05) is 10.7 Å². The standard InChI is InChI=1S/C22H18ClN5O/c23-18-11-13-19(14-12-18)24-15-20-21(16-7-3-1-4-8-16)25-27-28(20)26-22(29)17-9-5-2-6-10-17/h1-14,24H,15H2,(H,26,29). The Morgan fingerprint density at radius 1 is 0.897 bits per heavy atom. The lowest BCUT2D eigenvalue weighted by atomic mass is 10.1. The second-order valence-corrected chi connectivity index (χ2v) is 6.77. The number of halogens is 1. The van der Waals surface area contributed by atoms with Gasteiger partial charge in [-0.25, -0.2) is 5.43 Å². The number of carbonyl (C=O) groups excluding carboxylic acids is 1. The van der Waals surface area contributed by atoms with Crippen molar-refractivity contribution in [3.05, 3.63) is 101 Å². The molecule has 0 aliphatic rings. The van der Waals surface area contributed by atoms with Gasteiger partial charge in [-0.05, 0) is 41.6 Å². The van der Waals surface area contributed by atoms with E-state index in [2.05, 4.69) is 21.1 Å². The van der Waals surface area contributed by atoms with Gasteiger partial charge >= 0.3 is 0 Å². The van der Waals surface area contributed by atoms with Gasteiger partial charge in [0.05, 0.1) is 6.54 Å². The van der Waals surface area contributed by atoms with Crippen LogP contribution < -0.4 is 10.7 Å². The Hall–Kier alpha value is -3.64. The summed E-state index contributed by atoms with van der Waals surface area (Å²) in [5, 5.41) is 12.5. The van der Waals surface area contributed by atoms with Crippen LogP contribution in [0.1, 0.15) is 16.1 Å². The minimum absolute atomic E-state index is 0.261. The van der Waals surface area contributed by atoms with Gasteiger partial charge in [0.25, 0.3) is 5.91 Å². The number of amides is 1. The number of aromatic nitrogens is 3. The highest BCUT2D eigenvalue weighted by Crippen LogP contribution is 2.22. The van der Waals surface area contributed by atoms with Gasteiger partial charge in [-0.2, -0.15) is 4.79 Å². The summed E-state index contributed by atoms with van der Waals surface area (Å²) >= 11 is 5.96. The molecule has 0 saturated carbocycles. The summed E-state index contributed by atoms with van der Waals surface area (Å²) in [6.07, 6.45) is 0. The van der Waals surface area contributed by atoms with Crippen LogP contribution in [0, 0.1) is 0 Å². The largest absolute Gasteiger partial charge is 0.379 e. The summed E-state index contributed by atoms with van der Waals surface area (Å²) in [4.78, 5) is 14.0. The number of hydrogen-bond acceptors (Lipinski definition) is 4. The summed E-state index contributed by atoms with van der Waals surface area (Å²) in [5.74, 6) is -0.261. The van der Waals surface area contributed by atoms with Crippen molar-refractivity contribution < 1.29 is 4.79 Å². The molecule has 2 N–H and O–H groups in total. The zero-order chi connectivity index (χ0) is 20.1. The maximum Gasteiger partial charge on any atom is 0.271 e. The van der Waals surface area contributed by atoms with Gasteiger partial charge in [-0.1, -0.05) is 60.1 Å². The van der Waals surface area contributed by atoms with Crippen LogP contribution in [-0.2, 0) is 6.54 Å². The SMILES string of the molecule is O=C(Nn1nnc(-c2ccccc2)c1CNc1ccc(Cl)cc1)c1ccccc1. The molecule has 1 amide bonds. The normalized spacial score (nSPS) is 10.5. The van der Waals surface area contributed by atoms with Crippen LogP contribution in [0.15, 0.2) is 84.9 Å². The first kappa shape index (κ1) is 18.7. The van der Waals surface area contributed by atoms with E-state index in [-0.39, 0.29) is 5.91 Å². The van der Waals surface area contributed by atoms with E-state index < -0.39 is 0 Å². The van der Waals surface area contributed by atoms with Gasteiger partial charge in [0.15, 0.2) is 0 Å². The monoisotopic (exact) mass is 403 g/mol. The van der Waals surface area contributed by atoms with Crippen LogP contribution in [0.4, 0.5) is 5.69 Å². The van der Waals surface area contributed by atoms with E-state index >= 15 is 0 Å². The second-order valence-electron chi connectivity index (χ2n) is 6.33. The Morgan fingerprint density at radius 3 is 2.24 bits per heavy atom. The lowest BCUT2D eigenvalue weighted by Crippen LogP contribution is -2.26. The van der Waals surface area contributed by atoms with Crippen LogP contribution >= 0.6 is 11.6 Å². The van der Waals surface area contributed by atoms with E-state index in [9.17, 15) is 4.79 Å². The van der Waals surface area contributed by atoms with Crippen LogP contribution in [0.5, 0.6) is 0 Å². The van der Waals surface area contributed by atoms with Crippen molar-refractivity contribution >= 4 is 23.2 Å². The predicted octanol–water partition coefficient (Wildman–Crippen LogP) is 4.59. The number of hydrogen-bond donors (Lipinski definition) is 2. The molecule has 29 heavy (non-hydrogen) atoms. The van der Waals surface area contributed by atoms with Crippen LogP contribution in [-0.4, -0.2) is 21.0 Å². The van der Waals surface area contributed by atoms with Crippen molar-refractivity contribution in [1.29, 1.82) is 0 Å². The number of carbonyl (C=O) groups is 1. The Kier molecular flexibility index (Phi) is 5.54. The van der Waals surface area contributed by atoms with E-state index in [0.29, 0.717) is 22.8 Å². The average molecular weight is 404 g/mol. The summed E-state index contributed by atoms with van der Waals surface area (Å²) in [7, 11) is 0. The minimum atomic E-state index is -0.261. The van der Waals surface area contributed by atoms with Gasteiger partial charge in [-0.15, -0.1) is 5.10 Å². The maximum atomic E-state index is 12.6. The van der Waals surface area contributed by atoms with Gasteiger partial charge in [0, 0.05) is 21.8 Å². The van der Waals surface area contributed by atoms with Crippen LogP contribution in [0.2, 0.25) is 5.02 Å². The third kappa shape index (κ3) is 4.44. The molecule has 0 unspecified atom stereocenters. The topological polar surface area (TPSA) is 71.8 Å². The molecular weight excluding hydrogens is 386 g/mol. The van der Waals surface area contributed by atoms with E-state index in [4.69, 9.17) is 11.6 Å². The molecule has 0 saturated heterocycles. The molecule has 144 valence electrons. The van der Waals surface area contributed by atoms with Gasteiger partial charge in [-0.3, -0.25) is 4.79 Å². The molecule has 0 aliphatic heterocycles. The zero-order valence-electron chi connectivity index (χ0n) is 15.4. The average Bonchev–Trinajstić information content (AvgIpc) is 3.17. The highest BCUT2D eigenvalue weighted by atomic mass is 35.5. The zero-order valence-corrected chi connectivity index (χ0v) is 16.2. The first-order chi connectivity index (χ1) is 14.2. The molecule has 0 radical (unpaired) electrons. The van der Waals surface area contributed by atoms with Crippen molar-refractivity contribution in [2.45, 2.75) is 6.54 Å². The van der Waals surface area contributed by atoms with E-state index in [1.807, 2.05) is 72.8 Å². The van der Waals surface area contributed by atoms with Crippen molar-refractivity contribution in [2.24, 2.45) is 0 Å². The molecule has 6 nitrogen and oxygen atoms in total. The van der Waals surface area contributed by atoms with E-state index in [0.717, 1.165) is 16.9 Å². The first-order valence-electron chi connectivity index (χ1n) is 9.06. The van der Waals surface area contributed by atoms with Crippen LogP contribution in [0.3, 0.4) is 0 Å². The predicted molar refractivity (Wildman–Crippen MR) is 114 cm³/mol. The molecule has 0 bridgehead atoms. The Morgan fingerprint density at radius 2 is 1.55 bits per heavy atom. The van der Waals surface area contributed by atoms with Gasteiger partial charge in [0.1, 0.15) is 11.4 Å². The smallest absolute Gasteiger partial charge is 0.271 e. The van der Waals surface area contributed by atoms with Crippen LogP contribution in [0.25, 0.3) is 11.3 Å². The minimum Gasteiger partial charge on any atom is -0.379 e. The Labute approximate surface area is 173 Å². The highest BCUT2D eigenvalue weighted by molar-refractivity contribution is 6.30. The number of nitrogens with one attached hydrogen (secondary N) is 2. The molecule has 0 atom stereocenters. The van der Waals surface area contributed by atoms with E-state index in [1.54, 1.807) is 12.1 Å². The third-order valence-electron chi connectivity index (χ3n) is 4.36.